The molecule has 0 bridgehead atoms. The van der Waals surface area contributed by atoms with Crippen molar-refractivity contribution in [1.82, 2.24) is 20.5 Å². The number of amides is 1. The number of carbonyl (C=O) groups excluding carboxylic acids is 2. The molecule has 0 aliphatic heterocycles. The fourth-order valence-electron chi connectivity index (χ4n) is 3.50. The number of carbonyl (C=O) groups is 2. The summed E-state index contributed by atoms with van der Waals surface area (Å²) in [6.45, 7) is 2.16. The van der Waals surface area contributed by atoms with Gasteiger partial charge in [0.1, 0.15) is 5.69 Å². The van der Waals surface area contributed by atoms with Crippen LogP contribution in [0.5, 0.6) is 0 Å². The Kier molecular flexibility index (Phi) is 4.48. The molecule has 1 aromatic carbocycles. The maximum atomic E-state index is 12.7. The van der Waals surface area contributed by atoms with Gasteiger partial charge in [-0.05, 0) is 42.0 Å². The lowest BCUT2D eigenvalue weighted by molar-refractivity contribution is 0.0958. The molecular weight excluding hydrogens is 340 g/mol. The Hall–Kier alpha value is -3.02. The van der Waals surface area contributed by atoms with Gasteiger partial charge in [-0.3, -0.25) is 14.7 Å². The average Bonchev–Trinajstić information content (AvgIpc) is 3.16. The van der Waals surface area contributed by atoms with E-state index in [1.54, 1.807) is 19.3 Å². The molecular formula is C21H22N4O2. The topological polar surface area (TPSA) is 87.7 Å². The minimum absolute atomic E-state index is 0.0830. The van der Waals surface area contributed by atoms with Crippen LogP contribution < -0.4 is 5.32 Å². The van der Waals surface area contributed by atoms with E-state index in [0.717, 1.165) is 22.9 Å². The number of H-pyrrole nitrogens is 1. The van der Waals surface area contributed by atoms with Crippen LogP contribution in [0.15, 0.2) is 36.5 Å². The zero-order valence-corrected chi connectivity index (χ0v) is 15.5. The van der Waals surface area contributed by atoms with E-state index in [-0.39, 0.29) is 17.4 Å². The number of benzene rings is 1. The Morgan fingerprint density at radius 1 is 1.30 bits per heavy atom. The van der Waals surface area contributed by atoms with Crippen molar-refractivity contribution in [3.8, 4) is 0 Å². The maximum Gasteiger partial charge on any atom is 0.269 e. The van der Waals surface area contributed by atoms with E-state index in [1.807, 2.05) is 24.3 Å². The van der Waals surface area contributed by atoms with Crippen molar-refractivity contribution in [2.45, 2.75) is 26.2 Å². The molecule has 0 spiro atoms. The summed E-state index contributed by atoms with van der Waals surface area (Å²) in [6.07, 6.45) is 3.96. The summed E-state index contributed by atoms with van der Waals surface area (Å²) >= 11 is 0. The molecule has 1 saturated carbocycles. The SMILES string of the molecule is CNC(=O)c1cc(C(=O)C[C@H]2C[C@@H]2C)cc(Cc2cccc3[nH]ncc23)n1. The van der Waals surface area contributed by atoms with Crippen LogP contribution in [0, 0.1) is 11.8 Å². The smallest absolute Gasteiger partial charge is 0.269 e. The van der Waals surface area contributed by atoms with Gasteiger partial charge in [-0.15, -0.1) is 0 Å². The molecule has 0 unspecified atom stereocenters. The van der Waals surface area contributed by atoms with Gasteiger partial charge in [0, 0.05) is 36.5 Å². The number of Topliss-reactive ketones (excluding diaryl/α,β-unsaturated/α-hetero) is 1. The Bertz CT molecular complexity index is 1020. The number of nitrogens with one attached hydrogen (secondary N) is 2. The van der Waals surface area contributed by atoms with Crippen molar-refractivity contribution in [3.05, 3.63) is 59.0 Å². The highest BCUT2D eigenvalue weighted by Gasteiger charge is 2.34. The molecule has 1 fully saturated rings. The van der Waals surface area contributed by atoms with Crippen LogP contribution in [0.4, 0.5) is 0 Å². The standard InChI is InChI=1S/C21H22N4O2/c1-12-6-14(12)10-20(26)15-8-16(24-19(9-15)21(27)22-2)7-13-4-3-5-18-17(13)11-23-25-18/h3-5,8-9,11-12,14H,6-7,10H2,1-2H3,(H,22,27)(H,23,25)/t12-,14+/m0/s1. The van der Waals surface area contributed by atoms with E-state index in [0.29, 0.717) is 35.9 Å². The van der Waals surface area contributed by atoms with Crippen molar-refractivity contribution in [2.75, 3.05) is 7.05 Å². The molecule has 0 saturated heterocycles. The van der Waals surface area contributed by atoms with Crippen LogP contribution in [0.2, 0.25) is 0 Å². The largest absolute Gasteiger partial charge is 0.354 e. The fraction of sp³-hybridized carbons (Fsp3) is 0.333. The second kappa shape index (κ2) is 6.95. The minimum Gasteiger partial charge on any atom is -0.354 e. The molecule has 6 nitrogen and oxygen atoms in total. The zero-order chi connectivity index (χ0) is 19.0. The number of aromatic nitrogens is 3. The molecule has 3 aromatic rings. The molecule has 0 radical (unpaired) electrons. The summed E-state index contributed by atoms with van der Waals surface area (Å²) in [4.78, 5) is 29.3. The number of fused-ring (bicyclic) bond motifs is 1. The van der Waals surface area contributed by atoms with E-state index >= 15 is 0 Å². The van der Waals surface area contributed by atoms with Crippen LogP contribution >= 0.6 is 0 Å². The Balaban J connectivity index is 1.68. The number of aromatic amines is 1. The van der Waals surface area contributed by atoms with Crippen LogP contribution in [0.25, 0.3) is 10.9 Å². The second-order valence-electron chi connectivity index (χ2n) is 7.34. The van der Waals surface area contributed by atoms with Gasteiger partial charge in [-0.1, -0.05) is 19.1 Å². The second-order valence-corrected chi connectivity index (χ2v) is 7.34. The van der Waals surface area contributed by atoms with Crippen molar-refractivity contribution in [2.24, 2.45) is 11.8 Å². The van der Waals surface area contributed by atoms with Crippen molar-refractivity contribution in [1.29, 1.82) is 0 Å². The monoisotopic (exact) mass is 362 g/mol. The summed E-state index contributed by atoms with van der Waals surface area (Å²) in [6, 6.07) is 9.36. The lowest BCUT2D eigenvalue weighted by atomic mass is 10.0. The minimum atomic E-state index is -0.285. The van der Waals surface area contributed by atoms with Gasteiger partial charge in [0.05, 0.1) is 11.7 Å². The molecule has 1 amide bonds. The quantitative estimate of drug-likeness (QED) is 0.660. The van der Waals surface area contributed by atoms with Crippen LogP contribution in [0.1, 0.15) is 51.9 Å². The van der Waals surface area contributed by atoms with E-state index in [2.05, 4.69) is 27.4 Å². The number of ketones is 1. The molecule has 2 atom stereocenters. The predicted molar refractivity (Wildman–Crippen MR) is 103 cm³/mol. The molecule has 2 N–H and O–H groups in total. The molecule has 27 heavy (non-hydrogen) atoms. The van der Waals surface area contributed by atoms with E-state index in [9.17, 15) is 9.59 Å². The Morgan fingerprint density at radius 3 is 2.85 bits per heavy atom. The fourth-order valence-corrected chi connectivity index (χ4v) is 3.50. The normalized spacial score (nSPS) is 18.4. The van der Waals surface area contributed by atoms with Gasteiger partial charge in [-0.2, -0.15) is 5.10 Å². The number of pyridine rings is 1. The van der Waals surface area contributed by atoms with Crippen LogP contribution in [0.3, 0.4) is 0 Å². The first-order chi connectivity index (χ1) is 13.0. The number of hydrogen-bond acceptors (Lipinski definition) is 4. The third-order valence-electron chi connectivity index (χ3n) is 5.33. The first-order valence-corrected chi connectivity index (χ1v) is 9.22. The molecule has 6 heteroatoms. The average molecular weight is 362 g/mol. The zero-order valence-electron chi connectivity index (χ0n) is 15.5. The number of rotatable bonds is 6. The Labute approximate surface area is 157 Å². The highest BCUT2D eigenvalue weighted by molar-refractivity contribution is 6.00. The van der Waals surface area contributed by atoms with Gasteiger partial charge in [0.25, 0.3) is 5.91 Å². The van der Waals surface area contributed by atoms with Crippen LogP contribution in [-0.2, 0) is 6.42 Å². The Morgan fingerprint density at radius 2 is 2.11 bits per heavy atom. The molecule has 4 rings (SSSR count). The maximum absolute atomic E-state index is 12.7. The third kappa shape index (κ3) is 3.60. The molecule has 1 aliphatic carbocycles. The van der Waals surface area contributed by atoms with Crippen LogP contribution in [-0.4, -0.2) is 33.9 Å². The lowest BCUT2D eigenvalue weighted by Crippen LogP contribution is -2.20. The van der Waals surface area contributed by atoms with E-state index in [1.165, 1.54) is 0 Å². The summed E-state index contributed by atoms with van der Waals surface area (Å²) in [5, 5.41) is 10.7. The first-order valence-electron chi connectivity index (χ1n) is 9.22. The van der Waals surface area contributed by atoms with Gasteiger partial charge in [0.15, 0.2) is 5.78 Å². The van der Waals surface area contributed by atoms with Gasteiger partial charge in [-0.25, -0.2) is 4.98 Å². The molecule has 138 valence electrons. The van der Waals surface area contributed by atoms with Gasteiger partial charge in [0.2, 0.25) is 0 Å². The van der Waals surface area contributed by atoms with Gasteiger partial charge >= 0.3 is 0 Å². The molecule has 2 heterocycles. The summed E-state index contributed by atoms with van der Waals surface area (Å²) in [5.41, 5.74) is 3.56. The number of nitrogens with zero attached hydrogens (tertiary/aromatic N) is 2. The first kappa shape index (κ1) is 17.4. The predicted octanol–water partition coefficient (Wildman–Crippen LogP) is 3.14. The highest BCUT2D eigenvalue weighted by Crippen LogP contribution is 2.41. The number of hydrogen-bond donors (Lipinski definition) is 2. The van der Waals surface area contributed by atoms with Crippen molar-refractivity contribution in [3.63, 3.8) is 0 Å². The lowest BCUT2D eigenvalue weighted by Gasteiger charge is -2.09. The summed E-state index contributed by atoms with van der Waals surface area (Å²) in [7, 11) is 1.57. The third-order valence-corrected chi connectivity index (χ3v) is 5.33. The van der Waals surface area contributed by atoms with Crippen molar-refractivity contribution >= 4 is 22.6 Å². The molecule has 1 aliphatic rings. The highest BCUT2D eigenvalue weighted by atomic mass is 16.1. The summed E-state index contributed by atoms with van der Waals surface area (Å²) < 4.78 is 0. The van der Waals surface area contributed by atoms with Gasteiger partial charge < -0.3 is 5.32 Å². The molecule has 2 aromatic heterocycles. The van der Waals surface area contributed by atoms with Crippen molar-refractivity contribution < 1.29 is 9.59 Å². The van der Waals surface area contributed by atoms with E-state index < -0.39 is 0 Å². The van der Waals surface area contributed by atoms with E-state index in [4.69, 9.17) is 0 Å². The summed E-state index contributed by atoms with van der Waals surface area (Å²) in [5.74, 6) is 0.886.